The van der Waals surface area contributed by atoms with E-state index in [4.69, 9.17) is 0 Å². The first-order valence-electron chi connectivity index (χ1n) is 7.98. The number of aliphatic hydroxyl groups excluding tert-OH is 1. The molecule has 1 unspecified atom stereocenters. The number of benzene rings is 1. The van der Waals surface area contributed by atoms with E-state index in [9.17, 15) is 5.11 Å². The van der Waals surface area contributed by atoms with Gasteiger partial charge in [-0.3, -0.25) is 4.90 Å². The van der Waals surface area contributed by atoms with E-state index in [0.717, 1.165) is 17.3 Å². The first-order valence-corrected chi connectivity index (χ1v) is 8.77. The van der Waals surface area contributed by atoms with Gasteiger partial charge < -0.3 is 9.67 Å². The quantitative estimate of drug-likeness (QED) is 0.789. The zero-order valence-corrected chi connectivity index (χ0v) is 13.5. The average molecular weight is 347 g/mol. The van der Waals surface area contributed by atoms with Crippen LogP contribution in [0.3, 0.4) is 0 Å². The van der Waals surface area contributed by atoms with Crippen LogP contribution in [0.15, 0.2) is 22.7 Å². The van der Waals surface area contributed by atoms with Crippen LogP contribution >= 0.6 is 15.9 Å². The molecule has 4 heteroatoms. The van der Waals surface area contributed by atoms with Crippen LogP contribution in [0.1, 0.15) is 42.8 Å². The number of aliphatic hydroxyl groups is 1. The number of hydrogen-bond donors (Lipinski definition) is 1. The zero-order valence-electron chi connectivity index (χ0n) is 11.9. The molecule has 3 atom stereocenters. The second-order valence-electron chi connectivity index (χ2n) is 6.74. The third-order valence-electron chi connectivity index (χ3n) is 5.71. The van der Waals surface area contributed by atoms with Crippen molar-refractivity contribution in [2.24, 2.45) is 5.92 Å². The van der Waals surface area contributed by atoms with Crippen molar-refractivity contribution in [1.82, 2.24) is 9.47 Å². The molecule has 1 aromatic carbocycles. The molecular formula is C17H19BrN2O. The van der Waals surface area contributed by atoms with Crippen LogP contribution in [0.25, 0.3) is 10.9 Å². The highest BCUT2D eigenvalue weighted by molar-refractivity contribution is 9.10. The van der Waals surface area contributed by atoms with Crippen LogP contribution in [0.2, 0.25) is 0 Å². The highest BCUT2D eigenvalue weighted by atomic mass is 79.9. The van der Waals surface area contributed by atoms with Crippen molar-refractivity contribution in [3.8, 4) is 0 Å². The summed E-state index contributed by atoms with van der Waals surface area (Å²) in [5, 5.41) is 12.1. The van der Waals surface area contributed by atoms with E-state index in [1.165, 1.54) is 48.1 Å². The molecule has 1 N–H and O–H groups in total. The highest BCUT2D eigenvalue weighted by Gasteiger charge is 2.44. The molecule has 0 aliphatic carbocycles. The minimum Gasteiger partial charge on any atom is -0.373 e. The van der Waals surface area contributed by atoms with Crippen molar-refractivity contribution >= 4 is 26.8 Å². The lowest BCUT2D eigenvalue weighted by Crippen LogP contribution is -2.47. The van der Waals surface area contributed by atoms with E-state index in [1.807, 2.05) is 0 Å². The molecule has 110 valence electrons. The molecule has 0 saturated carbocycles. The van der Waals surface area contributed by atoms with Crippen molar-refractivity contribution in [1.29, 1.82) is 0 Å². The van der Waals surface area contributed by atoms with E-state index in [0.29, 0.717) is 12.0 Å². The molecule has 4 heterocycles. The lowest BCUT2D eigenvalue weighted by atomic mass is 9.78. The Bertz CT molecular complexity index is 738. The monoisotopic (exact) mass is 346 g/mol. The van der Waals surface area contributed by atoms with E-state index in [-0.39, 0.29) is 6.23 Å². The molecule has 0 spiro atoms. The molecule has 3 aliphatic heterocycles. The van der Waals surface area contributed by atoms with Crippen LogP contribution in [0, 0.1) is 5.92 Å². The Morgan fingerprint density at radius 3 is 3.05 bits per heavy atom. The number of fused-ring (bicyclic) bond motifs is 3. The fourth-order valence-corrected chi connectivity index (χ4v) is 5.30. The SMILES string of the molecule is OC1C[C@H]2CCCN3CCc4c(n1c1cc(Br)ccc41)[C@@H]23. The summed E-state index contributed by atoms with van der Waals surface area (Å²) in [6.45, 7) is 2.40. The smallest absolute Gasteiger partial charge is 0.131 e. The Morgan fingerprint density at radius 2 is 2.14 bits per heavy atom. The fourth-order valence-electron chi connectivity index (χ4n) is 4.95. The summed E-state index contributed by atoms with van der Waals surface area (Å²) >= 11 is 3.59. The number of piperidine rings is 1. The molecule has 3 aliphatic rings. The predicted octanol–water partition coefficient (Wildman–Crippen LogP) is 3.61. The van der Waals surface area contributed by atoms with Crippen molar-refractivity contribution < 1.29 is 5.11 Å². The molecule has 1 fully saturated rings. The summed E-state index contributed by atoms with van der Waals surface area (Å²) in [5.74, 6) is 0.632. The summed E-state index contributed by atoms with van der Waals surface area (Å²) in [5.41, 5.74) is 4.11. The van der Waals surface area contributed by atoms with Crippen molar-refractivity contribution in [3.05, 3.63) is 33.9 Å². The lowest BCUT2D eigenvalue weighted by Gasteiger charge is -2.48. The Labute approximate surface area is 132 Å². The molecule has 1 aromatic heterocycles. The van der Waals surface area contributed by atoms with Crippen LogP contribution in [0.4, 0.5) is 0 Å². The van der Waals surface area contributed by atoms with Gasteiger partial charge >= 0.3 is 0 Å². The summed E-state index contributed by atoms with van der Waals surface area (Å²) in [6.07, 6.45) is 4.22. The topological polar surface area (TPSA) is 28.4 Å². The van der Waals surface area contributed by atoms with Crippen LogP contribution in [0.5, 0.6) is 0 Å². The Kier molecular flexibility index (Phi) is 2.62. The largest absolute Gasteiger partial charge is 0.373 e. The Hall–Kier alpha value is -0.840. The van der Waals surface area contributed by atoms with Gasteiger partial charge in [-0.05, 0) is 55.8 Å². The standard InChI is InChI=1S/C17H19BrN2O/c18-11-3-4-12-13-5-7-19-6-1-2-10-8-15(21)20(14(12)9-11)17(13)16(10)19/h3-4,9-10,15-16,21H,1-2,5-8H2/t10-,15?,16-/m1/s1. The van der Waals surface area contributed by atoms with Gasteiger partial charge in [0.15, 0.2) is 0 Å². The Balaban J connectivity index is 1.85. The van der Waals surface area contributed by atoms with E-state index in [1.54, 1.807) is 0 Å². The van der Waals surface area contributed by atoms with Gasteiger partial charge in [0.05, 0.1) is 11.6 Å². The van der Waals surface area contributed by atoms with Gasteiger partial charge in [-0.15, -0.1) is 0 Å². The van der Waals surface area contributed by atoms with E-state index < -0.39 is 0 Å². The van der Waals surface area contributed by atoms with Crippen LogP contribution < -0.4 is 0 Å². The van der Waals surface area contributed by atoms with Gasteiger partial charge in [0.25, 0.3) is 0 Å². The maximum atomic E-state index is 10.7. The second-order valence-corrected chi connectivity index (χ2v) is 7.66. The van der Waals surface area contributed by atoms with Gasteiger partial charge in [0.1, 0.15) is 6.23 Å². The normalized spacial score (nSPS) is 31.4. The summed E-state index contributed by atoms with van der Waals surface area (Å²) in [7, 11) is 0. The number of aromatic nitrogens is 1. The van der Waals surface area contributed by atoms with Gasteiger partial charge in [-0.25, -0.2) is 0 Å². The maximum Gasteiger partial charge on any atom is 0.131 e. The number of nitrogens with zero attached hydrogens (tertiary/aromatic N) is 2. The van der Waals surface area contributed by atoms with E-state index >= 15 is 0 Å². The lowest BCUT2D eigenvalue weighted by molar-refractivity contribution is -0.0148. The third-order valence-corrected chi connectivity index (χ3v) is 6.21. The van der Waals surface area contributed by atoms with Gasteiger partial charge in [-0.1, -0.05) is 22.0 Å². The molecule has 3 nitrogen and oxygen atoms in total. The van der Waals surface area contributed by atoms with Gasteiger partial charge in [0.2, 0.25) is 0 Å². The first kappa shape index (κ1) is 12.7. The minimum atomic E-state index is -0.357. The van der Waals surface area contributed by atoms with Crippen molar-refractivity contribution in [2.75, 3.05) is 13.1 Å². The summed E-state index contributed by atoms with van der Waals surface area (Å²) in [4.78, 5) is 2.66. The predicted molar refractivity (Wildman–Crippen MR) is 86.3 cm³/mol. The Morgan fingerprint density at radius 1 is 1.24 bits per heavy atom. The van der Waals surface area contributed by atoms with Crippen LogP contribution in [-0.4, -0.2) is 27.7 Å². The minimum absolute atomic E-state index is 0.357. The molecule has 0 bridgehead atoms. The zero-order chi connectivity index (χ0) is 14.1. The van der Waals surface area contributed by atoms with Gasteiger partial charge in [0, 0.05) is 22.1 Å². The molecule has 2 aromatic rings. The van der Waals surface area contributed by atoms with Gasteiger partial charge in [-0.2, -0.15) is 0 Å². The van der Waals surface area contributed by atoms with E-state index in [2.05, 4.69) is 43.6 Å². The fraction of sp³-hybridized carbons (Fsp3) is 0.529. The summed E-state index contributed by atoms with van der Waals surface area (Å²) in [6, 6.07) is 7.06. The second kappa shape index (κ2) is 4.34. The molecular weight excluding hydrogens is 328 g/mol. The number of halogens is 1. The number of rotatable bonds is 0. The molecule has 0 amide bonds. The first-order chi connectivity index (χ1) is 10.2. The maximum absolute atomic E-state index is 10.7. The molecule has 5 rings (SSSR count). The highest BCUT2D eigenvalue weighted by Crippen LogP contribution is 2.51. The van der Waals surface area contributed by atoms with Crippen molar-refractivity contribution in [2.45, 2.75) is 38.0 Å². The van der Waals surface area contributed by atoms with Crippen LogP contribution in [-0.2, 0) is 6.42 Å². The third kappa shape index (κ3) is 1.61. The summed E-state index contributed by atoms with van der Waals surface area (Å²) < 4.78 is 3.32. The average Bonchev–Trinajstić information content (AvgIpc) is 2.81. The van der Waals surface area contributed by atoms with Crippen molar-refractivity contribution in [3.63, 3.8) is 0 Å². The molecule has 0 radical (unpaired) electrons. The molecule has 1 saturated heterocycles. The number of hydrogen-bond acceptors (Lipinski definition) is 2. The molecule has 21 heavy (non-hydrogen) atoms.